The van der Waals surface area contributed by atoms with E-state index in [9.17, 15) is 9.59 Å². The molecule has 1 saturated heterocycles. The van der Waals surface area contributed by atoms with Gasteiger partial charge < -0.3 is 21.1 Å². The molecule has 7 heteroatoms. The number of pyridine rings is 1. The number of amides is 1. The third kappa shape index (κ3) is 2.93. The molecule has 1 atom stereocenters. The first kappa shape index (κ1) is 13.1. The van der Waals surface area contributed by atoms with Crippen LogP contribution in [0.3, 0.4) is 0 Å². The van der Waals surface area contributed by atoms with E-state index < -0.39 is 5.97 Å². The van der Waals surface area contributed by atoms with Gasteiger partial charge in [-0.3, -0.25) is 4.79 Å². The number of nitrogens with one attached hydrogen (secondary N) is 2. The average Bonchev–Trinajstić information content (AvgIpc) is 2.42. The van der Waals surface area contributed by atoms with Crippen LogP contribution in [0.4, 0.5) is 11.5 Å². The maximum atomic E-state index is 11.7. The number of nitrogens with zero attached hydrogens (tertiary/aromatic N) is 1. The van der Waals surface area contributed by atoms with Crippen molar-refractivity contribution >= 4 is 23.4 Å². The second kappa shape index (κ2) is 5.55. The van der Waals surface area contributed by atoms with Crippen LogP contribution in [-0.4, -0.2) is 36.6 Å². The smallest absolute Gasteiger partial charge is 0.340 e. The van der Waals surface area contributed by atoms with E-state index in [0.29, 0.717) is 18.7 Å². The number of ether oxygens (including phenoxy) is 1. The van der Waals surface area contributed by atoms with E-state index in [1.165, 1.54) is 19.4 Å². The van der Waals surface area contributed by atoms with Gasteiger partial charge in [0.15, 0.2) is 0 Å². The van der Waals surface area contributed by atoms with Crippen LogP contribution in [0.15, 0.2) is 12.3 Å². The minimum Gasteiger partial charge on any atom is -0.465 e. The number of rotatable bonds is 3. The van der Waals surface area contributed by atoms with Gasteiger partial charge >= 0.3 is 5.97 Å². The van der Waals surface area contributed by atoms with Crippen molar-refractivity contribution in [3.63, 3.8) is 0 Å². The van der Waals surface area contributed by atoms with Crippen LogP contribution < -0.4 is 16.4 Å². The number of esters is 1. The predicted molar refractivity (Wildman–Crippen MR) is 69.6 cm³/mol. The fourth-order valence-corrected chi connectivity index (χ4v) is 1.96. The van der Waals surface area contributed by atoms with Gasteiger partial charge in [-0.2, -0.15) is 0 Å². The van der Waals surface area contributed by atoms with Gasteiger partial charge in [-0.05, 0) is 18.9 Å². The monoisotopic (exact) mass is 264 g/mol. The molecule has 4 N–H and O–H groups in total. The normalized spacial score (nSPS) is 18.6. The number of piperidine rings is 1. The highest BCUT2D eigenvalue weighted by Crippen LogP contribution is 2.20. The Bertz CT molecular complexity index is 504. The van der Waals surface area contributed by atoms with Crippen molar-refractivity contribution in [2.24, 2.45) is 0 Å². The van der Waals surface area contributed by atoms with Crippen LogP contribution in [-0.2, 0) is 9.53 Å². The molecule has 2 heterocycles. The van der Waals surface area contributed by atoms with E-state index in [0.717, 1.165) is 6.42 Å². The minimum absolute atomic E-state index is 0.0844. The summed E-state index contributed by atoms with van der Waals surface area (Å²) in [4.78, 5) is 27.3. The summed E-state index contributed by atoms with van der Waals surface area (Å²) in [6.45, 7) is 0.681. The van der Waals surface area contributed by atoms with E-state index in [4.69, 9.17) is 5.73 Å². The van der Waals surface area contributed by atoms with Gasteiger partial charge in [0.1, 0.15) is 11.9 Å². The molecule has 2 rings (SSSR count). The SMILES string of the molecule is COC(=O)c1cc(N)ncc1NC1CCCNC1=O. The summed E-state index contributed by atoms with van der Waals surface area (Å²) in [5.74, 6) is -0.384. The van der Waals surface area contributed by atoms with Crippen LogP contribution in [0.5, 0.6) is 0 Å². The largest absolute Gasteiger partial charge is 0.465 e. The van der Waals surface area contributed by atoms with Crippen molar-refractivity contribution in [3.05, 3.63) is 17.8 Å². The third-order valence-corrected chi connectivity index (χ3v) is 2.95. The Kier molecular flexibility index (Phi) is 3.84. The first-order valence-electron chi connectivity index (χ1n) is 6.00. The lowest BCUT2D eigenvalue weighted by Crippen LogP contribution is -2.44. The van der Waals surface area contributed by atoms with Crippen molar-refractivity contribution < 1.29 is 14.3 Å². The van der Waals surface area contributed by atoms with Crippen LogP contribution in [0, 0.1) is 0 Å². The standard InChI is InChI=1S/C12H16N4O3/c1-19-12(18)7-5-10(13)15-6-9(7)16-8-3-2-4-14-11(8)17/h5-6,8,16H,2-4H2,1H3,(H2,13,15)(H,14,17). The van der Waals surface area contributed by atoms with E-state index in [1.807, 2.05) is 0 Å². The van der Waals surface area contributed by atoms with Crippen LogP contribution in [0.25, 0.3) is 0 Å². The van der Waals surface area contributed by atoms with Crippen LogP contribution in [0.2, 0.25) is 0 Å². The lowest BCUT2D eigenvalue weighted by atomic mass is 10.1. The van der Waals surface area contributed by atoms with Crippen LogP contribution >= 0.6 is 0 Å². The first-order valence-corrected chi connectivity index (χ1v) is 6.00. The maximum absolute atomic E-state index is 11.7. The fourth-order valence-electron chi connectivity index (χ4n) is 1.96. The molecule has 7 nitrogen and oxygen atoms in total. The molecule has 0 bridgehead atoms. The van der Waals surface area contributed by atoms with E-state index in [-0.39, 0.29) is 23.3 Å². The van der Waals surface area contributed by atoms with Crippen LogP contribution in [0.1, 0.15) is 23.2 Å². The number of anilines is 2. The molecular formula is C12H16N4O3. The molecule has 1 amide bonds. The molecule has 1 aliphatic rings. The molecule has 1 aromatic rings. The number of hydrogen-bond donors (Lipinski definition) is 3. The molecule has 1 fully saturated rings. The highest BCUT2D eigenvalue weighted by Gasteiger charge is 2.24. The number of carbonyl (C=O) groups excluding carboxylic acids is 2. The summed E-state index contributed by atoms with van der Waals surface area (Å²) in [7, 11) is 1.29. The van der Waals surface area contributed by atoms with E-state index in [2.05, 4.69) is 20.4 Å². The molecule has 102 valence electrons. The van der Waals surface area contributed by atoms with Gasteiger partial charge in [-0.1, -0.05) is 0 Å². The molecule has 19 heavy (non-hydrogen) atoms. The van der Waals surface area contributed by atoms with E-state index >= 15 is 0 Å². The molecule has 0 saturated carbocycles. The Morgan fingerprint density at radius 1 is 1.63 bits per heavy atom. The topological polar surface area (TPSA) is 106 Å². The van der Waals surface area contributed by atoms with Gasteiger partial charge in [0.25, 0.3) is 0 Å². The molecule has 0 aromatic carbocycles. The first-order chi connectivity index (χ1) is 9.11. The van der Waals surface area contributed by atoms with Gasteiger partial charge in [0.05, 0.1) is 24.6 Å². The number of carbonyl (C=O) groups is 2. The van der Waals surface area contributed by atoms with Crippen molar-refractivity contribution in [2.45, 2.75) is 18.9 Å². The number of aromatic nitrogens is 1. The highest BCUT2D eigenvalue weighted by molar-refractivity contribution is 5.97. The molecule has 1 aromatic heterocycles. The number of methoxy groups -OCH3 is 1. The molecule has 0 aliphatic carbocycles. The summed E-state index contributed by atoms with van der Waals surface area (Å²) < 4.78 is 4.69. The van der Waals surface area contributed by atoms with Crippen molar-refractivity contribution in [3.8, 4) is 0 Å². The lowest BCUT2D eigenvalue weighted by molar-refractivity contribution is -0.123. The fraction of sp³-hybridized carbons (Fsp3) is 0.417. The van der Waals surface area contributed by atoms with Gasteiger partial charge in [0.2, 0.25) is 5.91 Å². The molecule has 1 unspecified atom stereocenters. The Morgan fingerprint density at radius 2 is 2.42 bits per heavy atom. The average molecular weight is 264 g/mol. The maximum Gasteiger partial charge on any atom is 0.340 e. The lowest BCUT2D eigenvalue weighted by Gasteiger charge is -2.24. The Labute approximate surface area is 110 Å². The minimum atomic E-state index is -0.521. The second-order valence-corrected chi connectivity index (χ2v) is 4.28. The molecule has 1 aliphatic heterocycles. The predicted octanol–water partition coefficient (Wildman–Crippen LogP) is 0.141. The zero-order valence-corrected chi connectivity index (χ0v) is 10.6. The zero-order chi connectivity index (χ0) is 13.8. The number of hydrogen-bond acceptors (Lipinski definition) is 6. The number of nitrogens with two attached hydrogens (primary N) is 1. The Hall–Kier alpha value is -2.31. The summed E-state index contributed by atoms with van der Waals surface area (Å²) in [5, 5.41) is 5.77. The molecular weight excluding hydrogens is 248 g/mol. The van der Waals surface area contributed by atoms with Crippen molar-refractivity contribution in [1.82, 2.24) is 10.3 Å². The van der Waals surface area contributed by atoms with Gasteiger partial charge in [0, 0.05) is 6.54 Å². The quantitative estimate of drug-likeness (QED) is 0.670. The Balaban J connectivity index is 2.23. The van der Waals surface area contributed by atoms with Gasteiger partial charge in [-0.15, -0.1) is 0 Å². The highest BCUT2D eigenvalue weighted by atomic mass is 16.5. The summed E-state index contributed by atoms with van der Waals surface area (Å²) >= 11 is 0. The van der Waals surface area contributed by atoms with Crippen molar-refractivity contribution in [1.29, 1.82) is 0 Å². The third-order valence-electron chi connectivity index (χ3n) is 2.95. The number of nitrogen functional groups attached to an aromatic ring is 1. The molecule has 0 radical (unpaired) electrons. The van der Waals surface area contributed by atoms with Crippen molar-refractivity contribution in [2.75, 3.05) is 24.7 Å². The summed E-state index contributed by atoms with van der Waals surface area (Å²) in [6.07, 6.45) is 3.03. The second-order valence-electron chi connectivity index (χ2n) is 4.28. The summed E-state index contributed by atoms with van der Waals surface area (Å²) in [5.41, 5.74) is 6.27. The van der Waals surface area contributed by atoms with Gasteiger partial charge in [-0.25, -0.2) is 9.78 Å². The molecule has 0 spiro atoms. The zero-order valence-electron chi connectivity index (χ0n) is 10.6. The summed E-state index contributed by atoms with van der Waals surface area (Å²) in [6, 6.07) is 1.05. The van der Waals surface area contributed by atoms with E-state index in [1.54, 1.807) is 0 Å². The Morgan fingerprint density at radius 3 is 3.11 bits per heavy atom.